The molecular formula is C18H24O10S. The number of hydrogen-bond acceptors (Lipinski definition) is 10. The van der Waals surface area contributed by atoms with Crippen LogP contribution in [0.25, 0.3) is 0 Å². The summed E-state index contributed by atoms with van der Waals surface area (Å²) in [5.74, 6) is -1.45. The third kappa shape index (κ3) is 5.97. The molecule has 10 nitrogen and oxygen atoms in total. The first-order valence-corrected chi connectivity index (χ1v) is 10.1. The van der Waals surface area contributed by atoms with Crippen molar-refractivity contribution in [3.8, 4) is 0 Å². The highest BCUT2D eigenvalue weighted by atomic mass is 32.2. The van der Waals surface area contributed by atoms with Crippen molar-refractivity contribution >= 4 is 22.1 Å². The highest BCUT2D eigenvalue weighted by Crippen LogP contribution is 2.28. The van der Waals surface area contributed by atoms with Crippen molar-refractivity contribution in [2.24, 2.45) is 0 Å². The van der Waals surface area contributed by atoms with Crippen molar-refractivity contribution in [1.82, 2.24) is 0 Å². The largest absolute Gasteiger partial charge is 0.455 e. The lowest BCUT2D eigenvalue weighted by atomic mass is 9.98. The second-order valence-corrected chi connectivity index (χ2v) is 8.08. The molecule has 1 fully saturated rings. The molecule has 1 aliphatic heterocycles. The smallest absolute Gasteiger partial charge is 0.303 e. The molecule has 0 amide bonds. The molecule has 1 aromatic rings. The summed E-state index contributed by atoms with van der Waals surface area (Å²) in [6, 6.07) is 6.01. The van der Waals surface area contributed by atoms with Crippen molar-refractivity contribution in [2.45, 2.75) is 56.4 Å². The molecule has 162 valence electrons. The van der Waals surface area contributed by atoms with E-state index < -0.39 is 59.4 Å². The number of aliphatic hydroxyl groups excluding tert-OH is 1. The van der Waals surface area contributed by atoms with Gasteiger partial charge in [0.1, 0.15) is 12.2 Å². The van der Waals surface area contributed by atoms with Crippen LogP contribution in [0, 0.1) is 6.92 Å². The Kier molecular flexibility index (Phi) is 7.72. The number of benzene rings is 1. The average molecular weight is 432 g/mol. The molecule has 1 aliphatic rings. The molecule has 11 heteroatoms. The number of carbonyl (C=O) groups excluding carboxylic acids is 2. The monoisotopic (exact) mass is 432 g/mol. The normalized spacial score (nSPS) is 27.3. The van der Waals surface area contributed by atoms with E-state index in [2.05, 4.69) is 0 Å². The first-order chi connectivity index (χ1) is 13.5. The Morgan fingerprint density at radius 3 is 2.14 bits per heavy atom. The van der Waals surface area contributed by atoms with Gasteiger partial charge in [-0.3, -0.25) is 13.8 Å². The fourth-order valence-corrected chi connectivity index (χ4v) is 3.71. The van der Waals surface area contributed by atoms with Gasteiger partial charge in [0.25, 0.3) is 10.1 Å². The maximum atomic E-state index is 12.4. The van der Waals surface area contributed by atoms with Crippen LogP contribution in [-0.4, -0.2) is 69.9 Å². The van der Waals surface area contributed by atoms with Crippen molar-refractivity contribution in [3.63, 3.8) is 0 Å². The van der Waals surface area contributed by atoms with Crippen molar-refractivity contribution < 1.29 is 46.2 Å². The van der Waals surface area contributed by atoms with E-state index in [1.165, 1.54) is 19.2 Å². The number of esters is 2. The zero-order valence-electron chi connectivity index (χ0n) is 16.4. The quantitative estimate of drug-likeness (QED) is 0.473. The fourth-order valence-electron chi connectivity index (χ4n) is 2.79. The summed E-state index contributed by atoms with van der Waals surface area (Å²) in [6.45, 7) is 3.47. The minimum absolute atomic E-state index is 0.0639. The van der Waals surface area contributed by atoms with Gasteiger partial charge >= 0.3 is 11.9 Å². The lowest BCUT2D eigenvalue weighted by Crippen LogP contribution is -2.61. The second-order valence-electron chi connectivity index (χ2n) is 6.47. The first-order valence-electron chi connectivity index (χ1n) is 8.72. The van der Waals surface area contributed by atoms with E-state index in [0.717, 1.165) is 19.4 Å². The number of carbonyl (C=O) groups is 2. The molecule has 0 spiro atoms. The van der Waals surface area contributed by atoms with Crippen molar-refractivity contribution in [2.75, 3.05) is 13.7 Å². The number of ether oxygens (including phenoxy) is 4. The van der Waals surface area contributed by atoms with Crippen molar-refractivity contribution in [3.05, 3.63) is 29.8 Å². The first kappa shape index (κ1) is 23.2. The Morgan fingerprint density at radius 2 is 1.62 bits per heavy atom. The van der Waals surface area contributed by atoms with Gasteiger partial charge in [0.05, 0.1) is 11.5 Å². The van der Waals surface area contributed by atoms with Crippen LogP contribution in [0.2, 0.25) is 0 Å². The molecule has 1 saturated heterocycles. The Balaban J connectivity index is 2.18. The summed E-state index contributed by atoms with van der Waals surface area (Å²) in [5.41, 5.74) is 0.874. The highest BCUT2D eigenvalue weighted by Gasteiger charge is 2.50. The minimum Gasteiger partial charge on any atom is -0.455 e. The molecule has 1 N–H and O–H groups in total. The van der Waals surface area contributed by atoms with Crippen LogP contribution in [0.4, 0.5) is 0 Å². The lowest BCUT2D eigenvalue weighted by Gasteiger charge is -2.42. The molecule has 0 aliphatic carbocycles. The molecule has 29 heavy (non-hydrogen) atoms. The second kappa shape index (κ2) is 9.63. The number of hydrogen-bond donors (Lipinski definition) is 1. The van der Waals surface area contributed by atoms with Crippen LogP contribution < -0.4 is 0 Å². The zero-order chi connectivity index (χ0) is 21.8. The Bertz CT molecular complexity index is 820. The Hall–Kier alpha value is -2.05. The highest BCUT2D eigenvalue weighted by molar-refractivity contribution is 7.86. The van der Waals surface area contributed by atoms with Crippen LogP contribution in [0.1, 0.15) is 19.4 Å². The van der Waals surface area contributed by atoms with Crippen molar-refractivity contribution in [1.29, 1.82) is 0 Å². The molecule has 1 aromatic carbocycles. The van der Waals surface area contributed by atoms with Gasteiger partial charge in [-0.25, -0.2) is 0 Å². The lowest BCUT2D eigenvalue weighted by molar-refractivity contribution is -0.298. The van der Waals surface area contributed by atoms with E-state index in [9.17, 15) is 23.1 Å². The topological polar surface area (TPSA) is 135 Å². The number of rotatable bonds is 7. The van der Waals surface area contributed by atoms with E-state index in [1.54, 1.807) is 12.1 Å². The third-order valence-corrected chi connectivity index (χ3v) is 5.45. The van der Waals surface area contributed by atoms with Crippen LogP contribution in [-0.2, 0) is 42.8 Å². The zero-order valence-corrected chi connectivity index (χ0v) is 17.2. The van der Waals surface area contributed by atoms with Crippen LogP contribution in [0.3, 0.4) is 0 Å². The standard InChI is InChI=1S/C18H24O10S/c1-10-5-7-13(8-6-10)29(22,23)25-9-14-15(21)16(26-11(2)19)17(27-12(3)20)18(24-4)28-14/h5-8,14-18,21H,9H2,1-4H3/t14-,15-,16+,17-,18+/m1/s1. The van der Waals surface area contributed by atoms with Crippen LogP contribution >= 0.6 is 0 Å². The SMILES string of the molecule is CO[C@H]1O[C@H](COS(=O)(=O)c2ccc(C)cc2)[C@@H](O)[C@H](OC(C)=O)[C@H]1OC(C)=O. The third-order valence-electron chi connectivity index (χ3n) is 4.15. The van der Waals surface area contributed by atoms with Gasteiger partial charge in [-0.15, -0.1) is 0 Å². The molecule has 0 unspecified atom stereocenters. The molecule has 2 rings (SSSR count). The number of methoxy groups -OCH3 is 1. The van der Waals surface area contributed by atoms with E-state index >= 15 is 0 Å². The van der Waals surface area contributed by atoms with Gasteiger partial charge in [-0.05, 0) is 19.1 Å². The van der Waals surface area contributed by atoms with E-state index in [-0.39, 0.29) is 4.90 Å². The Labute approximate surface area is 168 Å². The average Bonchev–Trinajstić information content (AvgIpc) is 2.64. The van der Waals surface area contributed by atoms with Crippen LogP contribution in [0.5, 0.6) is 0 Å². The summed E-state index contributed by atoms with van der Waals surface area (Å²) >= 11 is 0. The molecule has 0 saturated carbocycles. The van der Waals surface area contributed by atoms with E-state index in [1.807, 2.05) is 6.92 Å². The van der Waals surface area contributed by atoms with Gasteiger partial charge in [0.15, 0.2) is 18.5 Å². The number of aliphatic hydroxyl groups is 1. The van der Waals surface area contributed by atoms with Gasteiger partial charge in [-0.2, -0.15) is 8.42 Å². The predicted octanol–water partition coefficient (Wildman–Crippen LogP) is 0.296. The number of aryl methyl sites for hydroxylation is 1. The van der Waals surface area contributed by atoms with Gasteiger partial charge in [0.2, 0.25) is 0 Å². The fraction of sp³-hybridized carbons (Fsp3) is 0.556. The maximum absolute atomic E-state index is 12.4. The van der Waals surface area contributed by atoms with Crippen LogP contribution in [0.15, 0.2) is 29.2 Å². The Morgan fingerprint density at radius 1 is 1.07 bits per heavy atom. The molecule has 1 heterocycles. The summed E-state index contributed by atoms with van der Waals surface area (Å²) in [4.78, 5) is 22.7. The van der Waals surface area contributed by atoms with E-state index in [0.29, 0.717) is 0 Å². The molecule has 0 radical (unpaired) electrons. The molecule has 0 aromatic heterocycles. The molecular weight excluding hydrogens is 408 g/mol. The maximum Gasteiger partial charge on any atom is 0.303 e. The van der Waals surface area contributed by atoms with E-state index in [4.69, 9.17) is 23.1 Å². The van der Waals surface area contributed by atoms with Gasteiger partial charge in [0, 0.05) is 21.0 Å². The summed E-state index contributed by atoms with van der Waals surface area (Å²) in [7, 11) is -2.87. The predicted molar refractivity (Wildman–Crippen MR) is 97.1 cm³/mol. The summed E-state index contributed by atoms with van der Waals surface area (Å²) < 4.78 is 50.5. The molecule has 5 atom stereocenters. The van der Waals surface area contributed by atoms with Gasteiger partial charge < -0.3 is 24.1 Å². The summed E-state index contributed by atoms with van der Waals surface area (Å²) in [6.07, 6.45) is -6.59. The summed E-state index contributed by atoms with van der Waals surface area (Å²) in [5, 5.41) is 10.6. The van der Waals surface area contributed by atoms with Gasteiger partial charge in [-0.1, -0.05) is 17.7 Å². The minimum atomic E-state index is -4.12. The molecule has 0 bridgehead atoms.